The van der Waals surface area contributed by atoms with E-state index >= 15 is 0 Å². The summed E-state index contributed by atoms with van der Waals surface area (Å²) < 4.78 is 0. The van der Waals surface area contributed by atoms with Gasteiger partial charge in [-0.2, -0.15) is 0 Å². The molecule has 0 heterocycles. The SMILES string of the molecule is CCCSc1ccc(C(N)=O)cc1N. The van der Waals surface area contributed by atoms with Gasteiger partial charge < -0.3 is 11.5 Å². The lowest BCUT2D eigenvalue weighted by Crippen LogP contribution is -2.11. The van der Waals surface area contributed by atoms with Crippen molar-refractivity contribution in [1.29, 1.82) is 0 Å². The van der Waals surface area contributed by atoms with Gasteiger partial charge in [-0.3, -0.25) is 4.79 Å². The summed E-state index contributed by atoms with van der Waals surface area (Å²) in [5.41, 5.74) is 12.0. The van der Waals surface area contributed by atoms with Crippen molar-refractivity contribution in [3.05, 3.63) is 23.8 Å². The normalized spacial score (nSPS) is 10.1. The number of carbonyl (C=O) groups excluding carboxylic acids is 1. The highest BCUT2D eigenvalue weighted by Gasteiger charge is 2.04. The third-order valence-corrected chi connectivity index (χ3v) is 3.05. The average molecular weight is 210 g/mol. The highest BCUT2D eigenvalue weighted by atomic mass is 32.2. The molecule has 0 atom stereocenters. The third-order valence-electron chi connectivity index (χ3n) is 1.76. The fourth-order valence-corrected chi connectivity index (χ4v) is 1.86. The zero-order valence-electron chi connectivity index (χ0n) is 8.12. The maximum atomic E-state index is 10.8. The fraction of sp³-hybridized carbons (Fsp3) is 0.300. The first-order valence-electron chi connectivity index (χ1n) is 4.47. The molecule has 0 fully saturated rings. The third kappa shape index (κ3) is 2.67. The molecule has 0 spiro atoms. The van der Waals surface area contributed by atoms with Gasteiger partial charge in [-0.15, -0.1) is 11.8 Å². The molecule has 14 heavy (non-hydrogen) atoms. The van der Waals surface area contributed by atoms with Crippen LogP contribution in [0.15, 0.2) is 23.1 Å². The molecular weight excluding hydrogens is 196 g/mol. The number of hydrogen-bond acceptors (Lipinski definition) is 3. The van der Waals surface area contributed by atoms with Crippen LogP contribution in [0.5, 0.6) is 0 Å². The average Bonchev–Trinajstić information content (AvgIpc) is 2.15. The van der Waals surface area contributed by atoms with Crippen molar-refractivity contribution in [2.75, 3.05) is 11.5 Å². The summed E-state index contributed by atoms with van der Waals surface area (Å²) in [5, 5.41) is 0. The standard InChI is InChI=1S/C10H14N2OS/c1-2-5-14-9-4-3-7(10(12)13)6-8(9)11/h3-4,6H,2,5,11H2,1H3,(H2,12,13). The van der Waals surface area contributed by atoms with Crippen molar-refractivity contribution in [1.82, 2.24) is 0 Å². The Kier molecular flexibility index (Phi) is 3.83. The van der Waals surface area contributed by atoms with Crippen LogP contribution in [0.2, 0.25) is 0 Å². The first-order chi connectivity index (χ1) is 6.65. The molecule has 4 heteroatoms. The highest BCUT2D eigenvalue weighted by molar-refractivity contribution is 7.99. The van der Waals surface area contributed by atoms with Gasteiger partial charge >= 0.3 is 0 Å². The predicted octanol–water partition coefficient (Wildman–Crippen LogP) is 1.87. The van der Waals surface area contributed by atoms with Gasteiger partial charge in [0.15, 0.2) is 0 Å². The van der Waals surface area contributed by atoms with Crippen LogP contribution in [0, 0.1) is 0 Å². The first-order valence-corrected chi connectivity index (χ1v) is 5.46. The summed E-state index contributed by atoms with van der Waals surface area (Å²) in [6, 6.07) is 5.17. The second-order valence-electron chi connectivity index (χ2n) is 2.97. The zero-order chi connectivity index (χ0) is 10.6. The Morgan fingerprint density at radius 2 is 2.21 bits per heavy atom. The molecule has 0 aliphatic carbocycles. The molecule has 1 rings (SSSR count). The maximum absolute atomic E-state index is 10.8. The Hall–Kier alpha value is -1.16. The number of anilines is 1. The van der Waals surface area contributed by atoms with Gasteiger partial charge in [0.2, 0.25) is 5.91 Å². The van der Waals surface area contributed by atoms with E-state index in [9.17, 15) is 4.79 Å². The number of nitrogens with two attached hydrogens (primary N) is 2. The van der Waals surface area contributed by atoms with E-state index in [1.807, 2.05) is 6.07 Å². The van der Waals surface area contributed by atoms with Crippen molar-refractivity contribution >= 4 is 23.4 Å². The minimum Gasteiger partial charge on any atom is -0.398 e. The molecule has 1 amide bonds. The van der Waals surface area contributed by atoms with Gasteiger partial charge in [0.25, 0.3) is 0 Å². The molecule has 76 valence electrons. The van der Waals surface area contributed by atoms with Crippen LogP contribution in [0.3, 0.4) is 0 Å². The first kappa shape index (κ1) is 10.9. The number of thioether (sulfide) groups is 1. The largest absolute Gasteiger partial charge is 0.398 e. The highest BCUT2D eigenvalue weighted by Crippen LogP contribution is 2.26. The molecule has 0 unspecified atom stereocenters. The second-order valence-corrected chi connectivity index (χ2v) is 4.10. The Morgan fingerprint density at radius 1 is 1.50 bits per heavy atom. The number of carbonyl (C=O) groups is 1. The fourth-order valence-electron chi connectivity index (χ4n) is 1.05. The Morgan fingerprint density at radius 3 is 2.71 bits per heavy atom. The van der Waals surface area contributed by atoms with E-state index in [4.69, 9.17) is 11.5 Å². The maximum Gasteiger partial charge on any atom is 0.248 e. The van der Waals surface area contributed by atoms with Crippen molar-refractivity contribution in [3.8, 4) is 0 Å². The van der Waals surface area contributed by atoms with E-state index in [1.165, 1.54) is 0 Å². The number of nitrogen functional groups attached to an aromatic ring is 1. The summed E-state index contributed by atoms with van der Waals surface area (Å²) in [7, 11) is 0. The van der Waals surface area contributed by atoms with Gasteiger partial charge in [-0.05, 0) is 30.4 Å². The molecule has 0 saturated carbocycles. The summed E-state index contributed by atoms with van der Waals surface area (Å²) in [6.07, 6.45) is 1.10. The number of benzene rings is 1. The summed E-state index contributed by atoms with van der Waals surface area (Å²) >= 11 is 1.69. The molecule has 0 aliphatic heterocycles. The Bertz CT molecular complexity index is 339. The summed E-state index contributed by atoms with van der Waals surface area (Å²) in [4.78, 5) is 11.8. The minimum absolute atomic E-state index is 0.441. The van der Waals surface area contributed by atoms with Gasteiger partial charge in [0.05, 0.1) is 0 Å². The topological polar surface area (TPSA) is 69.1 Å². The van der Waals surface area contributed by atoms with Crippen LogP contribution in [0.4, 0.5) is 5.69 Å². The minimum atomic E-state index is -0.441. The molecule has 4 N–H and O–H groups in total. The zero-order valence-corrected chi connectivity index (χ0v) is 8.93. The van der Waals surface area contributed by atoms with Crippen molar-refractivity contribution in [3.63, 3.8) is 0 Å². The summed E-state index contributed by atoms with van der Waals surface area (Å²) in [6.45, 7) is 2.11. The molecule has 0 saturated heterocycles. The van der Waals surface area contributed by atoms with E-state index in [2.05, 4.69) is 6.92 Å². The molecule has 0 radical (unpaired) electrons. The van der Waals surface area contributed by atoms with Crippen molar-refractivity contribution in [2.24, 2.45) is 5.73 Å². The van der Waals surface area contributed by atoms with E-state index in [1.54, 1.807) is 23.9 Å². The van der Waals surface area contributed by atoms with E-state index in [-0.39, 0.29) is 0 Å². The van der Waals surface area contributed by atoms with Crippen molar-refractivity contribution < 1.29 is 4.79 Å². The lowest BCUT2D eigenvalue weighted by atomic mass is 10.2. The van der Waals surface area contributed by atoms with Crippen LogP contribution >= 0.6 is 11.8 Å². The number of rotatable bonds is 4. The molecular formula is C10H14N2OS. The van der Waals surface area contributed by atoms with Crippen LogP contribution < -0.4 is 11.5 Å². The molecule has 0 aliphatic rings. The van der Waals surface area contributed by atoms with Gasteiger partial charge in [0.1, 0.15) is 0 Å². The molecule has 1 aromatic rings. The Balaban J connectivity index is 2.84. The van der Waals surface area contributed by atoms with E-state index in [0.717, 1.165) is 17.1 Å². The van der Waals surface area contributed by atoms with Gasteiger partial charge in [-0.25, -0.2) is 0 Å². The number of hydrogen-bond donors (Lipinski definition) is 2. The molecule has 0 aromatic heterocycles. The molecule has 0 bridgehead atoms. The lowest BCUT2D eigenvalue weighted by molar-refractivity contribution is 0.100. The van der Waals surface area contributed by atoms with E-state index in [0.29, 0.717) is 11.3 Å². The smallest absolute Gasteiger partial charge is 0.248 e. The number of amides is 1. The molecule has 3 nitrogen and oxygen atoms in total. The van der Waals surface area contributed by atoms with Crippen LogP contribution in [0.25, 0.3) is 0 Å². The van der Waals surface area contributed by atoms with Crippen LogP contribution in [-0.2, 0) is 0 Å². The monoisotopic (exact) mass is 210 g/mol. The van der Waals surface area contributed by atoms with E-state index < -0.39 is 5.91 Å². The summed E-state index contributed by atoms with van der Waals surface area (Å²) in [5.74, 6) is 0.587. The second kappa shape index (κ2) is 4.91. The van der Waals surface area contributed by atoms with Crippen LogP contribution in [-0.4, -0.2) is 11.7 Å². The van der Waals surface area contributed by atoms with Gasteiger partial charge in [0, 0.05) is 16.1 Å². The quantitative estimate of drug-likeness (QED) is 0.588. The van der Waals surface area contributed by atoms with Crippen LogP contribution in [0.1, 0.15) is 23.7 Å². The van der Waals surface area contributed by atoms with Gasteiger partial charge in [-0.1, -0.05) is 6.92 Å². The Labute approximate surface area is 87.9 Å². The number of primary amides is 1. The predicted molar refractivity (Wildman–Crippen MR) is 60.4 cm³/mol. The van der Waals surface area contributed by atoms with Crippen molar-refractivity contribution in [2.45, 2.75) is 18.2 Å². The lowest BCUT2D eigenvalue weighted by Gasteiger charge is -2.05. The molecule has 1 aromatic carbocycles.